The van der Waals surface area contributed by atoms with Gasteiger partial charge in [-0.3, -0.25) is 9.59 Å². The standard InChI is InChI=1S/C26H27FN2O5/c1-17(2)29(26(31)21-6-4-5-7-22(21)27)15-25(30)28(14-20-10-8-18(3)34-20)13-19-9-11-23-24(12-19)33-16-32-23/h4-12,17H,13-16H2,1-3H3. The first-order valence-electron chi connectivity index (χ1n) is 11.1. The van der Waals surface area contributed by atoms with Crippen LogP contribution in [0.4, 0.5) is 4.39 Å². The van der Waals surface area contributed by atoms with E-state index in [1.54, 1.807) is 30.9 Å². The van der Waals surface area contributed by atoms with Gasteiger partial charge in [-0.1, -0.05) is 18.2 Å². The average Bonchev–Trinajstić information content (AvgIpc) is 3.44. The third kappa shape index (κ3) is 5.22. The zero-order valence-corrected chi connectivity index (χ0v) is 19.4. The fourth-order valence-corrected chi connectivity index (χ4v) is 3.77. The molecule has 0 unspecified atom stereocenters. The van der Waals surface area contributed by atoms with Crippen LogP contribution in [0.3, 0.4) is 0 Å². The quantitative estimate of drug-likeness (QED) is 0.488. The summed E-state index contributed by atoms with van der Waals surface area (Å²) >= 11 is 0. The van der Waals surface area contributed by atoms with Crippen LogP contribution in [0.25, 0.3) is 0 Å². The third-order valence-corrected chi connectivity index (χ3v) is 5.60. The smallest absolute Gasteiger partial charge is 0.257 e. The van der Waals surface area contributed by atoms with Crippen molar-refractivity contribution >= 4 is 11.8 Å². The Morgan fingerprint density at radius 1 is 1.00 bits per heavy atom. The first-order valence-corrected chi connectivity index (χ1v) is 11.1. The third-order valence-electron chi connectivity index (χ3n) is 5.60. The number of hydrogen-bond donors (Lipinski definition) is 0. The zero-order valence-electron chi connectivity index (χ0n) is 19.4. The highest BCUT2D eigenvalue weighted by Crippen LogP contribution is 2.33. The van der Waals surface area contributed by atoms with Gasteiger partial charge >= 0.3 is 0 Å². The van der Waals surface area contributed by atoms with Gasteiger partial charge in [0, 0.05) is 12.6 Å². The monoisotopic (exact) mass is 466 g/mol. The molecule has 178 valence electrons. The van der Waals surface area contributed by atoms with Gasteiger partial charge in [0.2, 0.25) is 12.7 Å². The van der Waals surface area contributed by atoms with Crippen molar-refractivity contribution in [3.8, 4) is 11.5 Å². The van der Waals surface area contributed by atoms with E-state index in [9.17, 15) is 14.0 Å². The highest BCUT2D eigenvalue weighted by Gasteiger charge is 2.27. The highest BCUT2D eigenvalue weighted by molar-refractivity contribution is 5.97. The van der Waals surface area contributed by atoms with E-state index in [0.29, 0.717) is 17.3 Å². The second kappa shape index (κ2) is 9.99. The number of carbonyl (C=O) groups excluding carboxylic acids is 2. The van der Waals surface area contributed by atoms with Crippen LogP contribution in [0, 0.1) is 12.7 Å². The van der Waals surface area contributed by atoms with Crippen molar-refractivity contribution in [2.75, 3.05) is 13.3 Å². The molecule has 3 aromatic rings. The van der Waals surface area contributed by atoms with Crippen LogP contribution in [-0.2, 0) is 17.9 Å². The van der Waals surface area contributed by atoms with Gasteiger partial charge in [0.1, 0.15) is 23.9 Å². The molecule has 34 heavy (non-hydrogen) atoms. The van der Waals surface area contributed by atoms with Crippen molar-refractivity contribution in [1.29, 1.82) is 0 Å². The molecule has 0 bridgehead atoms. The van der Waals surface area contributed by atoms with E-state index in [1.807, 2.05) is 31.2 Å². The molecule has 7 nitrogen and oxygen atoms in total. The maximum Gasteiger partial charge on any atom is 0.257 e. The topological polar surface area (TPSA) is 72.2 Å². The molecule has 0 saturated heterocycles. The van der Waals surface area contributed by atoms with Gasteiger partial charge in [-0.2, -0.15) is 0 Å². The van der Waals surface area contributed by atoms with Gasteiger partial charge in [0.05, 0.1) is 12.1 Å². The van der Waals surface area contributed by atoms with Gasteiger partial charge in [-0.05, 0) is 62.7 Å². The number of halogens is 1. The lowest BCUT2D eigenvalue weighted by Crippen LogP contribution is -2.45. The fraction of sp³-hybridized carbons (Fsp3) is 0.308. The summed E-state index contributed by atoms with van der Waals surface area (Å²) in [6.45, 7) is 5.88. The zero-order chi connectivity index (χ0) is 24.2. The lowest BCUT2D eigenvalue weighted by atomic mass is 10.1. The van der Waals surface area contributed by atoms with Gasteiger partial charge in [-0.25, -0.2) is 4.39 Å². The first kappa shape index (κ1) is 23.4. The van der Waals surface area contributed by atoms with Crippen LogP contribution in [0.5, 0.6) is 11.5 Å². The maximum absolute atomic E-state index is 14.3. The molecule has 0 atom stereocenters. The van der Waals surface area contributed by atoms with Crippen molar-refractivity contribution in [1.82, 2.24) is 9.80 Å². The van der Waals surface area contributed by atoms with Crippen LogP contribution < -0.4 is 9.47 Å². The fourth-order valence-electron chi connectivity index (χ4n) is 3.77. The van der Waals surface area contributed by atoms with E-state index >= 15 is 0 Å². The number of hydrogen-bond acceptors (Lipinski definition) is 5. The van der Waals surface area contributed by atoms with Gasteiger partial charge in [0.15, 0.2) is 11.5 Å². The summed E-state index contributed by atoms with van der Waals surface area (Å²) < 4.78 is 30.8. The number of benzene rings is 2. The molecular weight excluding hydrogens is 439 g/mol. The largest absolute Gasteiger partial charge is 0.464 e. The Morgan fingerprint density at radius 2 is 1.76 bits per heavy atom. The normalized spacial score (nSPS) is 12.1. The molecule has 0 aliphatic carbocycles. The average molecular weight is 467 g/mol. The maximum atomic E-state index is 14.3. The van der Waals surface area contributed by atoms with Gasteiger partial charge < -0.3 is 23.7 Å². The highest BCUT2D eigenvalue weighted by atomic mass is 19.1. The van der Waals surface area contributed by atoms with E-state index in [1.165, 1.54) is 23.1 Å². The van der Waals surface area contributed by atoms with Crippen LogP contribution >= 0.6 is 0 Å². The summed E-state index contributed by atoms with van der Waals surface area (Å²) in [5.74, 6) is 1.21. The minimum Gasteiger partial charge on any atom is -0.464 e. The first-order chi connectivity index (χ1) is 16.3. The molecule has 1 aliphatic rings. The Kier molecular flexibility index (Phi) is 6.86. The molecule has 0 radical (unpaired) electrons. The Labute approximate surface area is 197 Å². The summed E-state index contributed by atoms with van der Waals surface area (Å²) in [5.41, 5.74) is 0.783. The molecule has 4 rings (SSSR count). The van der Waals surface area contributed by atoms with Crippen LogP contribution in [0.2, 0.25) is 0 Å². The lowest BCUT2D eigenvalue weighted by Gasteiger charge is -2.30. The molecule has 0 fully saturated rings. The van der Waals surface area contributed by atoms with E-state index in [0.717, 1.165) is 11.3 Å². The molecule has 1 aliphatic heterocycles. The Bertz CT molecular complexity index is 1190. The Balaban J connectivity index is 1.57. The predicted molar refractivity (Wildman–Crippen MR) is 123 cm³/mol. The lowest BCUT2D eigenvalue weighted by molar-refractivity contribution is -0.133. The molecule has 0 N–H and O–H groups in total. The van der Waals surface area contributed by atoms with Crippen molar-refractivity contribution < 1.29 is 27.9 Å². The van der Waals surface area contributed by atoms with E-state index in [4.69, 9.17) is 13.9 Å². The van der Waals surface area contributed by atoms with Gasteiger partial charge in [0.25, 0.3) is 5.91 Å². The summed E-state index contributed by atoms with van der Waals surface area (Å²) in [7, 11) is 0. The van der Waals surface area contributed by atoms with E-state index in [-0.39, 0.29) is 43.9 Å². The number of furan rings is 1. The number of fused-ring (bicyclic) bond motifs is 1. The summed E-state index contributed by atoms with van der Waals surface area (Å²) in [5, 5.41) is 0. The molecule has 8 heteroatoms. The number of nitrogens with zero attached hydrogens (tertiary/aromatic N) is 2. The minimum atomic E-state index is -0.617. The van der Waals surface area contributed by atoms with E-state index in [2.05, 4.69) is 0 Å². The number of ether oxygens (including phenoxy) is 2. The molecule has 2 amide bonds. The van der Waals surface area contributed by atoms with E-state index < -0.39 is 11.7 Å². The second-order valence-corrected chi connectivity index (χ2v) is 8.46. The van der Waals surface area contributed by atoms with Crippen molar-refractivity contribution in [2.45, 2.75) is 39.9 Å². The number of aryl methyl sites for hydroxylation is 1. The molecule has 0 saturated carbocycles. The predicted octanol–water partition coefficient (Wildman–Crippen LogP) is 4.54. The Morgan fingerprint density at radius 3 is 2.47 bits per heavy atom. The molecule has 0 spiro atoms. The van der Waals surface area contributed by atoms with Crippen LogP contribution in [0.1, 0.15) is 41.3 Å². The number of carbonyl (C=O) groups is 2. The molecule has 1 aromatic heterocycles. The summed E-state index contributed by atoms with van der Waals surface area (Å²) in [6.07, 6.45) is 0. The van der Waals surface area contributed by atoms with Crippen molar-refractivity contribution in [3.05, 3.63) is 83.1 Å². The van der Waals surface area contributed by atoms with Gasteiger partial charge in [-0.15, -0.1) is 0 Å². The Hall–Kier alpha value is -3.81. The van der Waals surface area contributed by atoms with Crippen molar-refractivity contribution in [2.24, 2.45) is 0 Å². The number of amides is 2. The molecule has 2 aromatic carbocycles. The SMILES string of the molecule is Cc1ccc(CN(Cc2ccc3c(c2)OCO3)C(=O)CN(C(=O)c2ccccc2F)C(C)C)o1. The molecular formula is C26H27FN2O5. The summed E-state index contributed by atoms with van der Waals surface area (Å²) in [4.78, 5) is 29.5. The molecule has 2 heterocycles. The minimum absolute atomic E-state index is 0.0621. The van der Waals surface area contributed by atoms with Crippen molar-refractivity contribution in [3.63, 3.8) is 0 Å². The van der Waals surface area contributed by atoms with Crippen LogP contribution in [-0.4, -0.2) is 41.0 Å². The van der Waals surface area contributed by atoms with Crippen LogP contribution in [0.15, 0.2) is 59.0 Å². The summed E-state index contributed by atoms with van der Waals surface area (Å²) in [6, 6.07) is 14.6. The second-order valence-electron chi connectivity index (χ2n) is 8.46. The number of rotatable bonds is 8.